The van der Waals surface area contributed by atoms with Crippen molar-refractivity contribution >= 4 is 27.4 Å². The lowest BCUT2D eigenvalue weighted by Gasteiger charge is -2.08. The molecule has 29 heavy (non-hydrogen) atoms. The second-order valence-electron chi connectivity index (χ2n) is 6.22. The zero-order chi connectivity index (χ0) is 20.9. The van der Waals surface area contributed by atoms with Crippen molar-refractivity contribution in [3.63, 3.8) is 0 Å². The molecular formula is C20H17ClFN3O3S. The Hall–Kier alpha value is -2.68. The molecule has 0 aliphatic rings. The highest BCUT2D eigenvalue weighted by atomic mass is 35.5. The Morgan fingerprint density at radius 3 is 2.62 bits per heavy atom. The summed E-state index contributed by atoms with van der Waals surface area (Å²) in [6, 6.07) is 10.1. The smallest absolute Gasteiger partial charge is 0.240 e. The maximum Gasteiger partial charge on any atom is 0.240 e. The van der Waals surface area contributed by atoms with E-state index >= 15 is 0 Å². The summed E-state index contributed by atoms with van der Waals surface area (Å²) in [6.07, 6.45) is 5.71. The SMILES string of the molecule is O=C(CCc1cccnc1)c1ccc(CNS(=O)(=O)c2ccc(F)c(Cl)c2)nc1. The molecule has 3 aromatic rings. The van der Waals surface area contributed by atoms with Crippen molar-refractivity contribution in [2.24, 2.45) is 0 Å². The minimum Gasteiger partial charge on any atom is -0.294 e. The first-order valence-corrected chi connectivity index (χ1v) is 10.5. The van der Waals surface area contributed by atoms with Crippen LogP contribution in [-0.2, 0) is 23.0 Å². The van der Waals surface area contributed by atoms with Gasteiger partial charge in [0, 0.05) is 30.6 Å². The van der Waals surface area contributed by atoms with Crippen LogP contribution in [0.5, 0.6) is 0 Å². The van der Waals surface area contributed by atoms with E-state index in [-0.39, 0.29) is 22.2 Å². The van der Waals surface area contributed by atoms with Gasteiger partial charge in [-0.15, -0.1) is 0 Å². The zero-order valence-electron chi connectivity index (χ0n) is 15.2. The summed E-state index contributed by atoms with van der Waals surface area (Å²) in [5, 5.41) is -0.278. The van der Waals surface area contributed by atoms with E-state index in [4.69, 9.17) is 11.6 Å². The highest BCUT2D eigenvalue weighted by Gasteiger charge is 2.16. The first kappa shape index (κ1) is 21.0. The molecule has 0 aliphatic heterocycles. The number of benzene rings is 1. The molecule has 0 saturated heterocycles. The molecule has 9 heteroatoms. The number of hydrogen-bond acceptors (Lipinski definition) is 5. The van der Waals surface area contributed by atoms with Gasteiger partial charge in [-0.05, 0) is 48.4 Å². The monoisotopic (exact) mass is 433 g/mol. The molecule has 0 bridgehead atoms. The Kier molecular flexibility index (Phi) is 6.68. The number of rotatable bonds is 8. The van der Waals surface area contributed by atoms with Gasteiger partial charge in [0.2, 0.25) is 10.0 Å². The van der Waals surface area contributed by atoms with E-state index in [9.17, 15) is 17.6 Å². The lowest BCUT2D eigenvalue weighted by atomic mass is 10.1. The standard InChI is InChI=1S/C20H17ClFN3O3S/c21-18-10-17(6-7-19(18)22)29(27,28)25-13-16-5-4-15(12-24-16)20(26)8-3-14-2-1-9-23-11-14/h1-2,4-7,9-12,25H,3,8,13H2. The third-order valence-electron chi connectivity index (χ3n) is 4.15. The van der Waals surface area contributed by atoms with Gasteiger partial charge < -0.3 is 0 Å². The van der Waals surface area contributed by atoms with Gasteiger partial charge in [0.15, 0.2) is 5.78 Å². The molecular weight excluding hydrogens is 417 g/mol. The highest BCUT2D eigenvalue weighted by molar-refractivity contribution is 7.89. The minimum absolute atomic E-state index is 0.0607. The Morgan fingerprint density at radius 1 is 1.14 bits per heavy atom. The normalized spacial score (nSPS) is 11.4. The first-order valence-electron chi connectivity index (χ1n) is 8.67. The van der Waals surface area contributed by atoms with E-state index in [0.29, 0.717) is 24.1 Å². The topological polar surface area (TPSA) is 89.0 Å². The molecule has 6 nitrogen and oxygen atoms in total. The highest BCUT2D eigenvalue weighted by Crippen LogP contribution is 2.19. The van der Waals surface area contributed by atoms with Crippen LogP contribution in [0.2, 0.25) is 5.02 Å². The summed E-state index contributed by atoms with van der Waals surface area (Å²) in [7, 11) is -3.88. The van der Waals surface area contributed by atoms with Crippen LogP contribution < -0.4 is 4.72 Å². The van der Waals surface area contributed by atoms with Crippen LogP contribution in [0, 0.1) is 5.82 Å². The fourth-order valence-corrected chi connectivity index (χ4v) is 3.81. The number of nitrogens with one attached hydrogen (secondary N) is 1. The van der Waals surface area contributed by atoms with E-state index in [1.54, 1.807) is 24.5 Å². The van der Waals surface area contributed by atoms with Gasteiger partial charge in [0.1, 0.15) is 5.82 Å². The van der Waals surface area contributed by atoms with Crippen molar-refractivity contribution in [3.05, 3.63) is 88.7 Å². The van der Waals surface area contributed by atoms with Gasteiger partial charge in [-0.2, -0.15) is 0 Å². The maximum atomic E-state index is 13.2. The number of carbonyl (C=O) groups excluding carboxylic acids is 1. The molecule has 150 valence electrons. The Morgan fingerprint density at radius 2 is 1.97 bits per heavy atom. The number of nitrogens with zero attached hydrogens (tertiary/aromatic N) is 2. The predicted molar refractivity (Wildman–Crippen MR) is 107 cm³/mol. The van der Waals surface area contributed by atoms with E-state index in [1.165, 1.54) is 6.20 Å². The number of pyridine rings is 2. The summed E-state index contributed by atoms with van der Waals surface area (Å²) >= 11 is 5.63. The fraction of sp³-hybridized carbons (Fsp3) is 0.150. The molecule has 1 N–H and O–H groups in total. The second-order valence-corrected chi connectivity index (χ2v) is 8.40. The number of halogens is 2. The van der Waals surface area contributed by atoms with Crippen molar-refractivity contribution in [2.45, 2.75) is 24.3 Å². The molecule has 0 amide bonds. The lowest BCUT2D eigenvalue weighted by molar-refractivity contribution is 0.0982. The van der Waals surface area contributed by atoms with Crippen molar-refractivity contribution < 1.29 is 17.6 Å². The van der Waals surface area contributed by atoms with Gasteiger partial charge >= 0.3 is 0 Å². The first-order chi connectivity index (χ1) is 13.8. The van der Waals surface area contributed by atoms with E-state index < -0.39 is 15.8 Å². The molecule has 0 unspecified atom stereocenters. The third-order valence-corrected chi connectivity index (χ3v) is 5.84. The van der Waals surface area contributed by atoms with Crippen LogP contribution in [0.1, 0.15) is 28.0 Å². The average molecular weight is 434 g/mol. The predicted octanol–water partition coefficient (Wildman–Crippen LogP) is 3.56. The van der Waals surface area contributed by atoms with Crippen molar-refractivity contribution in [1.29, 1.82) is 0 Å². The quantitative estimate of drug-likeness (QED) is 0.548. The lowest BCUT2D eigenvalue weighted by Crippen LogP contribution is -2.23. The van der Waals surface area contributed by atoms with Gasteiger partial charge in [-0.3, -0.25) is 14.8 Å². The van der Waals surface area contributed by atoms with Crippen LogP contribution in [0.25, 0.3) is 0 Å². The summed E-state index contributed by atoms with van der Waals surface area (Å²) < 4.78 is 40.1. The van der Waals surface area contributed by atoms with E-state index in [1.807, 2.05) is 12.1 Å². The summed E-state index contributed by atoms with van der Waals surface area (Å²) in [5.74, 6) is -0.759. The van der Waals surface area contributed by atoms with Gasteiger partial charge in [-0.25, -0.2) is 17.5 Å². The van der Waals surface area contributed by atoms with Crippen molar-refractivity contribution in [2.75, 3.05) is 0 Å². The molecule has 0 saturated carbocycles. The van der Waals surface area contributed by atoms with Crippen LogP contribution in [0.15, 0.2) is 66.0 Å². The Labute approximate surface area is 172 Å². The Bertz CT molecular complexity index is 1110. The molecule has 0 spiro atoms. The molecule has 0 radical (unpaired) electrons. The summed E-state index contributed by atoms with van der Waals surface area (Å²) in [5.41, 5.74) is 1.86. The summed E-state index contributed by atoms with van der Waals surface area (Å²) in [4.78, 5) is 20.3. The number of Topliss-reactive ketones (excluding diaryl/α,β-unsaturated/α-hetero) is 1. The molecule has 1 aromatic carbocycles. The van der Waals surface area contributed by atoms with Crippen LogP contribution >= 0.6 is 11.6 Å². The second kappa shape index (κ2) is 9.21. The van der Waals surface area contributed by atoms with Crippen molar-refractivity contribution in [1.82, 2.24) is 14.7 Å². The van der Waals surface area contributed by atoms with Crippen LogP contribution in [-0.4, -0.2) is 24.2 Å². The largest absolute Gasteiger partial charge is 0.294 e. The number of carbonyl (C=O) groups is 1. The van der Waals surface area contributed by atoms with E-state index in [2.05, 4.69) is 14.7 Å². The Balaban J connectivity index is 1.58. The molecule has 3 rings (SSSR count). The van der Waals surface area contributed by atoms with Crippen LogP contribution in [0.4, 0.5) is 4.39 Å². The number of ketones is 1. The molecule has 0 atom stereocenters. The molecule has 0 aliphatic carbocycles. The van der Waals surface area contributed by atoms with Crippen LogP contribution in [0.3, 0.4) is 0 Å². The van der Waals surface area contributed by atoms with Gasteiger partial charge in [0.25, 0.3) is 0 Å². The molecule has 2 heterocycles. The number of aryl methyl sites for hydroxylation is 1. The van der Waals surface area contributed by atoms with Crippen molar-refractivity contribution in [3.8, 4) is 0 Å². The van der Waals surface area contributed by atoms with Gasteiger partial charge in [-0.1, -0.05) is 17.7 Å². The number of aromatic nitrogens is 2. The number of hydrogen-bond donors (Lipinski definition) is 1. The molecule has 2 aromatic heterocycles. The fourth-order valence-electron chi connectivity index (χ4n) is 2.54. The van der Waals surface area contributed by atoms with Gasteiger partial charge in [0.05, 0.1) is 22.2 Å². The zero-order valence-corrected chi connectivity index (χ0v) is 16.8. The number of sulfonamides is 1. The summed E-state index contributed by atoms with van der Waals surface area (Å²) in [6.45, 7) is -0.0819. The maximum absolute atomic E-state index is 13.2. The molecule has 0 fully saturated rings. The third kappa shape index (κ3) is 5.66. The average Bonchev–Trinajstić information content (AvgIpc) is 2.73. The minimum atomic E-state index is -3.88. The van der Waals surface area contributed by atoms with E-state index in [0.717, 1.165) is 23.8 Å².